The van der Waals surface area contributed by atoms with Crippen LogP contribution in [-0.2, 0) is 9.47 Å². The van der Waals surface area contributed by atoms with Gasteiger partial charge in [-0.15, -0.1) is 0 Å². The number of rotatable bonds is 8. The smallest absolute Gasteiger partial charge is 0.357 e. The Labute approximate surface area is 178 Å². The van der Waals surface area contributed by atoms with Gasteiger partial charge in [-0.1, -0.05) is 18.2 Å². The fourth-order valence-corrected chi connectivity index (χ4v) is 3.05. The lowest BCUT2D eigenvalue weighted by molar-refractivity contribution is 0.0549. The molecule has 0 bridgehead atoms. The van der Waals surface area contributed by atoms with Gasteiger partial charge in [-0.2, -0.15) is 5.10 Å². The van der Waals surface area contributed by atoms with Gasteiger partial charge in [0.05, 0.1) is 33.6 Å². The lowest BCUT2D eigenvalue weighted by Crippen LogP contribution is -2.15. The molecule has 0 aliphatic carbocycles. The maximum Gasteiger partial charge on any atom is 0.357 e. The van der Waals surface area contributed by atoms with Crippen LogP contribution < -0.4 is 9.47 Å². The highest BCUT2D eigenvalue weighted by molar-refractivity contribution is 6.06. The highest BCUT2D eigenvalue weighted by atomic mass is 16.5. The Bertz CT molecular complexity index is 1080. The van der Waals surface area contributed by atoms with Gasteiger partial charge in [-0.05, 0) is 30.3 Å². The number of hydrogen-bond donors (Lipinski definition) is 1. The molecule has 3 rings (SSSR count). The first-order valence-corrected chi connectivity index (χ1v) is 9.32. The summed E-state index contributed by atoms with van der Waals surface area (Å²) in [5.41, 5.74) is 1.17. The summed E-state index contributed by atoms with van der Waals surface area (Å²) in [7, 11) is 3.91. The molecule has 0 amide bonds. The fraction of sp³-hybridized carbons (Fsp3) is 0.227. The molecule has 0 saturated carbocycles. The second kappa shape index (κ2) is 9.77. The fourth-order valence-electron chi connectivity index (χ4n) is 3.05. The Hall–Kier alpha value is -3.85. The molecule has 0 aliphatic rings. The Balaban J connectivity index is 2.26. The van der Waals surface area contributed by atoms with Crippen molar-refractivity contribution in [1.29, 1.82) is 0 Å². The quantitative estimate of drug-likeness (QED) is 0.547. The van der Waals surface area contributed by atoms with Gasteiger partial charge in [0.2, 0.25) is 0 Å². The maximum absolute atomic E-state index is 12.7. The van der Waals surface area contributed by atoms with E-state index in [0.29, 0.717) is 22.7 Å². The Kier molecular flexibility index (Phi) is 6.88. The van der Waals surface area contributed by atoms with Crippen molar-refractivity contribution in [2.45, 2.75) is 0 Å². The van der Waals surface area contributed by atoms with Crippen LogP contribution in [-0.4, -0.2) is 61.4 Å². The van der Waals surface area contributed by atoms with E-state index in [1.165, 1.54) is 26.0 Å². The number of esters is 2. The number of ether oxygens (including phenoxy) is 4. The van der Waals surface area contributed by atoms with Gasteiger partial charge in [0, 0.05) is 5.56 Å². The van der Waals surface area contributed by atoms with E-state index in [4.69, 9.17) is 24.1 Å². The molecule has 0 saturated heterocycles. The second-order valence-corrected chi connectivity index (χ2v) is 6.24. The molecule has 9 nitrogen and oxygen atoms in total. The molecule has 1 aromatic heterocycles. The lowest BCUT2D eigenvalue weighted by Gasteiger charge is -2.11. The van der Waals surface area contributed by atoms with Crippen LogP contribution in [0.2, 0.25) is 0 Å². The van der Waals surface area contributed by atoms with Gasteiger partial charge in [0.1, 0.15) is 17.9 Å². The van der Waals surface area contributed by atoms with E-state index in [1.54, 1.807) is 42.5 Å². The van der Waals surface area contributed by atoms with Crippen LogP contribution in [0.4, 0.5) is 0 Å². The number of para-hydroxylation sites is 1. The molecule has 0 aliphatic heterocycles. The Morgan fingerprint density at radius 2 is 1.68 bits per heavy atom. The summed E-state index contributed by atoms with van der Waals surface area (Å²) in [5.74, 6) is -0.693. The first kappa shape index (κ1) is 21.8. The Morgan fingerprint density at radius 1 is 0.968 bits per heavy atom. The lowest BCUT2D eigenvalue weighted by atomic mass is 10.0. The summed E-state index contributed by atoms with van der Waals surface area (Å²) in [5, 5.41) is 13.5. The zero-order valence-corrected chi connectivity index (χ0v) is 17.3. The number of methoxy groups -OCH3 is 3. The number of aliphatic hydroxyl groups is 1. The van der Waals surface area contributed by atoms with Gasteiger partial charge in [-0.25, -0.2) is 14.3 Å². The number of aliphatic hydroxyl groups excluding tert-OH is 1. The SMILES string of the molecule is COC(=O)c1c(-c2ccc(OCCO)c(OC)c2)nn(-c2ccccc2)c1C(=O)OC. The van der Waals surface area contributed by atoms with Crippen LogP contribution in [0.1, 0.15) is 20.8 Å². The van der Waals surface area contributed by atoms with E-state index >= 15 is 0 Å². The van der Waals surface area contributed by atoms with E-state index in [9.17, 15) is 9.59 Å². The molecule has 1 N–H and O–H groups in total. The molecule has 0 fully saturated rings. The summed E-state index contributed by atoms with van der Waals surface area (Å²) in [6, 6.07) is 13.8. The van der Waals surface area contributed by atoms with E-state index in [1.807, 2.05) is 6.07 Å². The van der Waals surface area contributed by atoms with Crippen LogP contribution in [0.3, 0.4) is 0 Å². The summed E-state index contributed by atoms with van der Waals surface area (Å²) >= 11 is 0. The predicted octanol–water partition coefficient (Wildman–Crippen LogP) is 2.49. The molecule has 1 heterocycles. The first-order valence-electron chi connectivity index (χ1n) is 9.32. The summed E-state index contributed by atoms with van der Waals surface area (Å²) in [4.78, 5) is 25.3. The van der Waals surface area contributed by atoms with Gasteiger partial charge in [0.15, 0.2) is 17.2 Å². The molecule has 9 heteroatoms. The van der Waals surface area contributed by atoms with Crippen molar-refractivity contribution in [2.75, 3.05) is 34.5 Å². The molecule has 0 radical (unpaired) electrons. The molecule has 2 aromatic carbocycles. The molecule has 162 valence electrons. The molecule has 0 spiro atoms. The number of benzene rings is 2. The monoisotopic (exact) mass is 426 g/mol. The normalized spacial score (nSPS) is 10.5. The second-order valence-electron chi connectivity index (χ2n) is 6.24. The molecular weight excluding hydrogens is 404 g/mol. The Morgan fingerprint density at radius 3 is 2.29 bits per heavy atom. The standard InChI is InChI=1S/C22H22N2O7/c1-28-17-13-14(9-10-16(17)31-12-11-25)19-18(21(26)29-2)20(22(27)30-3)24(23-19)15-7-5-4-6-8-15/h4-10,13,25H,11-12H2,1-3H3. The van der Waals surface area contributed by atoms with Crippen molar-refractivity contribution in [3.05, 3.63) is 59.8 Å². The minimum Gasteiger partial charge on any atom is -0.493 e. The highest BCUT2D eigenvalue weighted by Crippen LogP contribution is 2.35. The molecule has 0 atom stereocenters. The zero-order valence-electron chi connectivity index (χ0n) is 17.3. The minimum absolute atomic E-state index is 0.0377. The van der Waals surface area contributed by atoms with Gasteiger partial charge >= 0.3 is 11.9 Å². The maximum atomic E-state index is 12.7. The average Bonchev–Trinajstić information content (AvgIpc) is 3.22. The van der Waals surface area contributed by atoms with E-state index in [2.05, 4.69) is 5.10 Å². The molecule has 3 aromatic rings. The number of nitrogens with zero attached hydrogens (tertiary/aromatic N) is 2. The zero-order chi connectivity index (χ0) is 22.4. The van der Waals surface area contributed by atoms with Gasteiger partial charge < -0.3 is 24.1 Å². The summed E-state index contributed by atoms with van der Waals surface area (Å²) in [6.45, 7) is -0.0559. The van der Waals surface area contributed by atoms with Crippen LogP contribution in [0.5, 0.6) is 11.5 Å². The highest BCUT2D eigenvalue weighted by Gasteiger charge is 2.31. The van der Waals surface area contributed by atoms with Gasteiger partial charge in [0.25, 0.3) is 0 Å². The third-order valence-electron chi connectivity index (χ3n) is 4.44. The van der Waals surface area contributed by atoms with Crippen LogP contribution in [0.15, 0.2) is 48.5 Å². The summed E-state index contributed by atoms with van der Waals surface area (Å²) in [6.07, 6.45) is 0. The largest absolute Gasteiger partial charge is 0.493 e. The summed E-state index contributed by atoms with van der Waals surface area (Å²) < 4.78 is 22.0. The number of hydrogen-bond acceptors (Lipinski definition) is 8. The minimum atomic E-state index is -0.739. The van der Waals surface area contributed by atoms with Crippen LogP contribution >= 0.6 is 0 Å². The molecule has 0 unspecified atom stereocenters. The third kappa shape index (κ3) is 4.36. The number of aromatic nitrogens is 2. The van der Waals surface area contributed by atoms with Crippen molar-refractivity contribution in [3.8, 4) is 28.4 Å². The van der Waals surface area contributed by atoms with Crippen LogP contribution in [0, 0.1) is 0 Å². The third-order valence-corrected chi connectivity index (χ3v) is 4.44. The van der Waals surface area contributed by atoms with Crippen molar-refractivity contribution in [1.82, 2.24) is 9.78 Å². The van der Waals surface area contributed by atoms with Crippen molar-refractivity contribution >= 4 is 11.9 Å². The predicted molar refractivity (Wildman–Crippen MR) is 111 cm³/mol. The van der Waals surface area contributed by atoms with Crippen molar-refractivity contribution in [3.63, 3.8) is 0 Å². The topological polar surface area (TPSA) is 109 Å². The van der Waals surface area contributed by atoms with Crippen molar-refractivity contribution < 1.29 is 33.6 Å². The number of carbonyl (C=O) groups is 2. The van der Waals surface area contributed by atoms with E-state index in [-0.39, 0.29) is 30.2 Å². The first-order chi connectivity index (χ1) is 15.0. The van der Waals surface area contributed by atoms with E-state index < -0.39 is 11.9 Å². The molecular formula is C22H22N2O7. The van der Waals surface area contributed by atoms with Gasteiger partial charge in [-0.3, -0.25) is 0 Å². The van der Waals surface area contributed by atoms with Crippen LogP contribution in [0.25, 0.3) is 16.9 Å². The van der Waals surface area contributed by atoms with E-state index in [0.717, 1.165) is 0 Å². The van der Waals surface area contributed by atoms with Crippen molar-refractivity contribution in [2.24, 2.45) is 0 Å². The number of carbonyl (C=O) groups excluding carboxylic acids is 2. The molecule has 31 heavy (non-hydrogen) atoms. The average molecular weight is 426 g/mol.